The number of aromatic nitrogens is 2. The Balaban J connectivity index is 2.02. The molecule has 1 saturated carbocycles. The van der Waals surface area contributed by atoms with Gasteiger partial charge in [-0.25, -0.2) is 4.98 Å². The van der Waals surface area contributed by atoms with Gasteiger partial charge in [-0.3, -0.25) is 0 Å². The van der Waals surface area contributed by atoms with Crippen molar-refractivity contribution in [3.63, 3.8) is 0 Å². The smallest absolute Gasteiger partial charge is 0.0955 e. The number of hydrogen-bond acceptors (Lipinski definition) is 3. The van der Waals surface area contributed by atoms with E-state index in [1.54, 1.807) is 6.33 Å². The molecule has 0 bridgehead atoms. The van der Waals surface area contributed by atoms with E-state index in [4.69, 9.17) is 5.73 Å². The van der Waals surface area contributed by atoms with E-state index < -0.39 is 0 Å². The molecule has 1 aliphatic rings. The average molecular weight is 240 g/mol. The fraction of sp³-hybridized carbons (Fsp3) is 0.429. The lowest BCUT2D eigenvalue weighted by molar-refractivity contribution is 0.169. The Morgan fingerprint density at radius 2 is 2.28 bits per heavy atom. The SMILES string of the molecule is Cn1cnc2cc(C(N)C3(C#N)CCC3)ccc21. The van der Waals surface area contributed by atoms with E-state index in [9.17, 15) is 5.26 Å². The van der Waals surface area contributed by atoms with Crippen LogP contribution in [0.15, 0.2) is 24.5 Å². The van der Waals surface area contributed by atoms with Crippen LogP contribution in [0.3, 0.4) is 0 Å². The van der Waals surface area contributed by atoms with Crippen LogP contribution in [0.1, 0.15) is 30.9 Å². The first-order valence-electron chi connectivity index (χ1n) is 6.24. The summed E-state index contributed by atoms with van der Waals surface area (Å²) in [6.45, 7) is 0. The highest BCUT2D eigenvalue weighted by Crippen LogP contribution is 2.48. The Labute approximate surface area is 106 Å². The van der Waals surface area contributed by atoms with Gasteiger partial charge < -0.3 is 10.3 Å². The number of nitrogens with two attached hydrogens (primary N) is 1. The Morgan fingerprint density at radius 1 is 1.50 bits per heavy atom. The molecule has 0 spiro atoms. The predicted octanol–water partition coefficient (Wildman–Crippen LogP) is 2.27. The monoisotopic (exact) mass is 240 g/mol. The Hall–Kier alpha value is -1.86. The number of nitriles is 1. The van der Waals surface area contributed by atoms with E-state index in [2.05, 4.69) is 11.1 Å². The minimum absolute atomic E-state index is 0.206. The van der Waals surface area contributed by atoms with Crippen LogP contribution < -0.4 is 5.73 Å². The number of fused-ring (bicyclic) bond motifs is 1. The van der Waals surface area contributed by atoms with Gasteiger partial charge in [-0.15, -0.1) is 0 Å². The second kappa shape index (κ2) is 3.82. The lowest BCUT2D eigenvalue weighted by Gasteiger charge is -2.40. The van der Waals surface area contributed by atoms with Crippen molar-refractivity contribution in [3.8, 4) is 6.07 Å². The molecule has 1 fully saturated rings. The lowest BCUT2D eigenvalue weighted by atomic mass is 9.64. The molecular formula is C14H16N4. The van der Waals surface area contributed by atoms with Crippen LogP contribution >= 0.6 is 0 Å². The summed E-state index contributed by atoms with van der Waals surface area (Å²) in [5, 5.41) is 9.34. The quantitative estimate of drug-likeness (QED) is 0.875. The van der Waals surface area contributed by atoms with Crippen LogP contribution in [0.2, 0.25) is 0 Å². The fourth-order valence-electron chi connectivity index (χ4n) is 2.72. The summed E-state index contributed by atoms with van der Waals surface area (Å²) in [5.74, 6) is 0. The summed E-state index contributed by atoms with van der Waals surface area (Å²) in [6, 6.07) is 8.27. The van der Waals surface area contributed by atoms with Crippen molar-refractivity contribution >= 4 is 11.0 Å². The number of nitrogens with zero attached hydrogens (tertiary/aromatic N) is 3. The maximum atomic E-state index is 9.34. The molecule has 1 unspecified atom stereocenters. The Bertz CT molecular complexity index is 631. The van der Waals surface area contributed by atoms with Crippen molar-refractivity contribution in [2.45, 2.75) is 25.3 Å². The first-order chi connectivity index (χ1) is 8.66. The minimum atomic E-state index is -0.359. The maximum Gasteiger partial charge on any atom is 0.0955 e. The van der Waals surface area contributed by atoms with Crippen molar-refractivity contribution in [2.24, 2.45) is 18.2 Å². The van der Waals surface area contributed by atoms with Gasteiger partial charge in [0.05, 0.1) is 28.8 Å². The molecule has 0 radical (unpaired) electrons. The molecule has 4 heteroatoms. The molecule has 1 heterocycles. The van der Waals surface area contributed by atoms with E-state index in [0.717, 1.165) is 35.9 Å². The third-order valence-electron chi connectivity index (χ3n) is 4.17. The van der Waals surface area contributed by atoms with E-state index >= 15 is 0 Å². The summed E-state index contributed by atoms with van der Waals surface area (Å²) >= 11 is 0. The molecule has 92 valence electrons. The molecule has 0 saturated heterocycles. The number of benzene rings is 1. The molecule has 2 aromatic rings. The third-order valence-corrected chi connectivity index (χ3v) is 4.17. The van der Waals surface area contributed by atoms with Gasteiger partial charge in [0.2, 0.25) is 0 Å². The molecule has 2 N–H and O–H groups in total. The van der Waals surface area contributed by atoms with Crippen molar-refractivity contribution in [1.82, 2.24) is 9.55 Å². The van der Waals surface area contributed by atoms with Gasteiger partial charge in [0, 0.05) is 13.1 Å². The largest absolute Gasteiger partial charge is 0.334 e. The number of aryl methyl sites for hydroxylation is 1. The summed E-state index contributed by atoms with van der Waals surface area (Å²) in [6.07, 6.45) is 4.71. The van der Waals surface area contributed by atoms with Gasteiger partial charge in [0.1, 0.15) is 0 Å². The molecular weight excluding hydrogens is 224 g/mol. The molecule has 18 heavy (non-hydrogen) atoms. The second-order valence-corrected chi connectivity index (χ2v) is 5.20. The molecule has 1 aromatic heterocycles. The zero-order valence-electron chi connectivity index (χ0n) is 10.4. The molecule has 4 nitrogen and oxygen atoms in total. The van der Waals surface area contributed by atoms with Crippen LogP contribution in [0.5, 0.6) is 0 Å². The van der Waals surface area contributed by atoms with E-state index in [1.165, 1.54) is 0 Å². The van der Waals surface area contributed by atoms with Crippen LogP contribution in [-0.2, 0) is 7.05 Å². The summed E-state index contributed by atoms with van der Waals surface area (Å²) in [4.78, 5) is 4.34. The Morgan fingerprint density at radius 3 is 2.89 bits per heavy atom. The highest BCUT2D eigenvalue weighted by atomic mass is 15.0. The highest BCUT2D eigenvalue weighted by Gasteiger charge is 2.43. The van der Waals surface area contributed by atoms with Gasteiger partial charge >= 0.3 is 0 Å². The van der Waals surface area contributed by atoms with Gasteiger partial charge in [0.25, 0.3) is 0 Å². The molecule has 1 aliphatic carbocycles. The second-order valence-electron chi connectivity index (χ2n) is 5.20. The fourth-order valence-corrected chi connectivity index (χ4v) is 2.72. The Kier molecular flexibility index (Phi) is 2.39. The molecule has 0 amide bonds. The van der Waals surface area contributed by atoms with E-state index in [-0.39, 0.29) is 11.5 Å². The average Bonchev–Trinajstić information content (AvgIpc) is 2.70. The number of hydrogen-bond donors (Lipinski definition) is 1. The minimum Gasteiger partial charge on any atom is -0.334 e. The van der Waals surface area contributed by atoms with Gasteiger partial charge in [0.15, 0.2) is 0 Å². The van der Waals surface area contributed by atoms with Gasteiger partial charge in [-0.1, -0.05) is 12.5 Å². The summed E-state index contributed by atoms with van der Waals surface area (Å²) in [7, 11) is 1.97. The zero-order chi connectivity index (χ0) is 12.8. The predicted molar refractivity (Wildman–Crippen MR) is 69.5 cm³/mol. The summed E-state index contributed by atoms with van der Waals surface area (Å²) in [5.41, 5.74) is 8.97. The topological polar surface area (TPSA) is 67.6 Å². The van der Waals surface area contributed by atoms with Crippen LogP contribution in [-0.4, -0.2) is 9.55 Å². The molecule has 1 atom stereocenters. The molecule has 3 rings (SSSR count). The van der Waals surface area contributed by atoms with Crippen molar-refractivity contribution in [2.75, 3.05) is 0 Å². The van der Waals surface area contributed by atoms with Crippen LogP contribution in [0.4, 0.5) is 0 Å². The van der Waals surface area contributed by atoms with Gasteiger partial charge in [-0.2, -0.15) is 5.26 Å². The zero-order valence-corrected chi connectivity index (χ0v) is 10.4. The molecule has 0 aliphatic heterocycles. The maximum absolute atomic E-state index is 9.34. The first-order valence-corrected chi connectivity index (χ1v) is 6.24. The van der Waals surface area contributed by atoms with E-state index in [1.807, 2.05) is 29.8 Å². The van der Waals surface area contributed by atoms with Crippen molar-refractivity contribution in [1.29, 1.82) is 5.26 Å². The first kappa shape index (κ1) is 11.2. The highest BCUT2D eigenvalue weighted by molar-refractivity contribution is 5.76. The lowest BCUT2D eigenvalue weighted by Crippen LogP contribution is -2.39. The van der Waals surface area contributed by atoms with Crippen LogP contribution in [0, 0.1) is 16.7 Å². The number of rotatable bonds is 2. The standard InChI is InChI=1S/C14H16N4/c1-18-9-17-11-7-10(3-4-12(11)18)13(16)14(8-15)5-2-6-14/h3-4,7,9,13H,2,5-6,16H2,1H3. The van der Waals surface area contributed by atoms with Crippen LogP contribution in [0.25, 0.3) is 11.0 Å². The van der Waals surface area contributed by atoms with Crippen molar-refractivity contribution in [3.05, 3.63) is 30.1 Å². The van der Waals surface area contributed by atoms with Crippen molar-refractivity contribution < 1.29 is 0 Å². The normalized spacial score (nSPS) is 19.2. The third kappa shape index (κ3) is 1.44. The number of imidazole rings is 1. The van der Waals surface area contributed by atoms with Gasteiger partial charge in [-0.05, 0) is 30.5 Å². The molecule has 1 aromatic carbocycles. The summed E-state index contributed by atoms with van der Waals surface area (Å²) < 4.78 is 1.98. The van der Waals surface area contributed by atoms with E-state index in [0.29, 0.717) is 0 Å².